The van der Waals surface area contributed by atoms with Gasteiger partial charge in [0.05, 0.1) is 4.90 Å². The first-order chi connectivity index (χ1) is 9.92. The van der Waals surface area contributed by atoms with E-state index >= 15 is 0 Å². The van der Waals surface area contributed by atoms with E-state index in [9.17, 15) is 8.42 Å². The zero-order chi connectivity index (χ0) is 15.5. The van der Waals surface area contributed by atoms with Crippen LogP contribution in [-0.4, -0.2) is 15.0 Å². The Hall–Kier alpha value is -1.85. The van der Waals surface area contributed by atoms with Gasteiger partial charge in [-0.15, -0.1) is 0 Å². The van der Waals surface area contributed by atoms with Crippen LogP contribution in [0.5, 0.6) is 0 Å². The van der Waals surface area contributed by atoms with Crippen molar-refractivity contribution in [2.24, 2.45) is 0 Å². The summed E-state index contributed by atoms with van der Waals surface area (Å²) < 4.78 is 27.3. The predicted molar refractivity (Wildman–Crippen MR) is 85.7 cm³/mol. The number of nitrogens with one attached hydrogen (secondary N) is 1. The lowest BCUT2D eigenvalue weighted by molar-refractivity contribution is 0.581. The van der Waals surface area contributed by atoms with Gasteiger partial charge in [-0.1, -0.05) is 30.3 Å². The van der Waals surface area contributed by atoms with Gasteiger partial charge in [0.2, 0.25) is 10.0 Å². The second-order valence-electron chi connectivity index (χ2n) is 5.04. The molecule has 0 aromatic heterocycles. The molecule has 2 rings (SSSR count). The largest absolute Gasteiger partial charge is 0.398 e. The third kappa shape index (κ3) is 3.62. The monoisotopic (exact) mass is 304 g/mol. The minimum atomic E-state index is -3.53. The molecular formula is C16H20N2O2S. The highest BCUT2D eigenvalue weighted by Crippen LogP contribution is 2.20. The van der Waals surface area contributed by atoms with E-state index in [0.29, 0.717) is 24.2 Å². The average Bonchev–Trinajstić information content (AvgIpc) is 2.43. The predicted octanol–water partition coefficient (Wildman–Crippen LogP) is 2.41. The highest BCUT2D eigenvalue weighted by atomic mass is 32.2. The number of aryl methyl sites for hydroxylation is 1. The van der Waals surface area contributed by atoms with E-state index in [0.717, 1.165) is 11.1 Å². The van der Waals surface area contributed by atoms with Crippen molar-refractivity contribution in [3.8, 4) is 0 Å². The Labute approximate surface area is 126 Å². The molecule has 0 fully saturated rings. The molecule has 0 spiro atoms. The van der Waals surface area contributed by atoms with Gasteiger partial charge in [0.25, 0.3) is 0 Å². The number of hydrogen-bond donors (Lipinski definition) is 2. The Kier molecular flexibility index (Phi) is 4.65. The lowest BCUT2D eigenvalue weighted by Crippen LogP contribution is -2.27. The first-order valence-electron chi connectivity index (χ1n) is 6.81. The van der Waals surface area contributed by atoms with Crippen LogP contribution in [0, 0.1) is 13.8 Å². The third-order valence-electron chi connectivity index (χ3n) is 3.56. The Balaban J connectivity index is 2.09. The topological polar surface area (TPSA) is 72.2 Å². The van der Waals surface area contributed by atoms with E-state index < -0.39 is 10.0 Å². The van der Waals surface area contributed by atoms with Crippen LogP contribution in [0.2, 0.25) is 0 Å². The van der Waals surface area contributed by atoms with Crippen LogP contribution >= 0.6 is 0 Å². The van der Waals surface area contributed by atoms with E-state index in [2.05, 4.69) is 4.72 Å². The van der Waals surface area contributed by atoms with Gasteiger partial charge in [0.15, 0.2) is 0 Å². The standard InChI is InChI=1S/C16H20N2O2S/c1-12-6-3-4-7-14(12)10-11-18-21(19,20)16-9-5-8-15(17)13(16)2/h3-9,18H,10-11,17H2,1-2H3. The van der Waals surface area contributed by atoms with Crippen LogP contribution in [0.1, 0.15) is 16.7 Å². The van der Waals surface area contributed by atoms with Crippen molar-refractivity contribution in [3.05, 3.63) is 59.2 Å². The molecule has 0 aliphatic heterocycles. The number of nitrogens with two attached hydrogens (primary N) is 1. The Bertz CT molecular complexity index is 740. The quantitative estimate of drug-likeness (QED) is 0.833. The summed E-state index contributed by atoms with van der Waals surface area (Å²) in [5.41, 5.74) is 9.14. The third-order valence-corrected chi connectivity index (χ3v) is 5.17. The summed E-state index contributed by atoms with van der Waals surface area (Å²) in [6.07, 6.45) is 0.660. The number of anilines is 1. The molecular weight excluding hydrogens is 284 g/mol. The molecule has 112 valence electrons. The van der Waals surface area contributed by atoms with Crippen LogP contribution in [0.3, 0.4) is 0 Å². The van der Waals surface area contributed by atoms with E-state index in [4.69, 9.17) is 5.73 Å². The highest BCUT2D eigenvalue weighted by molar-refractivity contribution is 7.89. The number of rotatable bonds is 5. The first kappa shape index (κ1) is 15.5. The van der Waals surface area contributed by atoms with Gasteiger partial charge in [-0.05, 0) is 49.1 Å². The van der Waals surface area contributed by atoms with Crippen LogP contribution in [-0.2, 0) is 16.4 Å². The zero-order valence-electron chi connectivity index (χ0n) is 12.3. The number of hydrogen-bond acceptors (Lipinski definition) is 3. The number of nitrogen functional groups attached to an aromatic ring is 1. The molecule has 2 aromatic carbocycles. The summed E-state index contributed by atoms with van der Waals surface area (Å²) in [4.78, 5) is 0.243. The molecule has 21 heavy (non-hydrogen) atoms. The minimum Gasteiger partial charge on any atom is -0.398 e. The summed E-state index contributed by atoms with van der Waals surface area (Å²) in [5, 5.41) is 0. The second-order valence-corrected chi connectivity index (χ2v) is 6.78. The van der Waals surface area contributed by atoms with Crippen molar-refractivity contribution >= 4 is 15.7 Å². The molecule has 0 aliphatic carbocycles. The summed E-state index contributed by atoms with van der Waals surface area (Å²) >= 11 is 0. The lowest BCUT2D eigenvalue weighted by Gasteiger charge is -2.11. The van der Waals surface area contributed by atoms with Crippen LogP contribution < -0.4 is 10.5 Å². The SMILES string of the molecule is Cc1ccccc1CCNS(=O)(=O)c1cccc(N)c1C. The number of sulfonamides is 1. The maximum Gasteiger partial charge on any atom is 0.240 e. The van der Waals surface area contributed by atoms with Crippen LogP contribution in [0.4, 0.5) is 5.69 Å². The summed E-state index contributed by atoms with van der Waals surface area (Å²) in [7, 11) is -3.53. The van der Waals surface area contributed by atoms with Crippen molar-refractivity contribution in [2.45, 2.75) is 25.2 Å². The van der Waals surface area contributed by atoms with Gasteiger partial charge in [0.1, 0.15) is 0 Å². The van der Waals surface area contributed by atoms with Gasteiger partial charge in [0, 0.05) is 12.2 Å². The fourth-order valence-corrected chi connectivity index (χ4v) is 3.52. The van der Waals surface area contributed by atoms with E-state index in [1.54, 1.807) is 25.1 Å². The normalized spacial score (nSPS) is 11.5. The molecule has 4 nitrogen and oxygen atoms in total. The van der Waals surface area contributed by atoms with E-state index in [-0.39, 0.29) is 4.90 Å². The molecule has 0 saturated carbocycles. The fourth-order valence-electron chi connectivity index (χ4n) is 2.21. The molecule has 0 atom stereocenters. The fraction of sp³-hybridized carbons (Fsp3) is 0.250. The van der Waals surface area contributed by atoms with Gasteiger partial charge < -0.3 is 5.73 Å². The zero-order valence-corrected chi connectivity index (χ0v) is 13.1. The summed E-state index contributed by atoms with van der Waals surface area (Å²) in [5.74, 6) is 0. The molecule has 3 N–H and O–H groups in total. The van der Waals surface area contributed by atoms with Crippen molar-refractivity contribution in [1.82, 2.24) is 4.72 Å². The number of benzene rings is 2. The average molecular weight is 304 g/mol. The molecule has 2 aromatic rings. The van der Waals surface area contributed by atoms with Crippen molar-refractivity contribution in [2.75, 3.05) is 12.3 Å². The van der Waals surface area contributed by atoms with E-state index in [1.807, 2.05) is 31.2 Å². The Morgan fingerprint density at radius 2 is 1.76 bits per heavy atom. The molecule has 0 bridgehead atoms. The van der Waals surface area contributed by atoms with Crippen LogP contribution in [0.15, 0.2) is 47.4 Å². The van der Waals surface area contributed by atoms with Gasteiger partial charge >= 0.3 is 0 Å². The summed E-state index contributed by atoms with van der Waals surface area (Å²) in [6, 6.07) is 12.9. The van der Waals surface area contributed by atoms with Gasteiger partial charge in [-0.2, -0.15) is 0 Å². The van der Waals surface area contributed by atoms with Crippen molar-refractivity contribution in [3.63, 3.8) is 0 Å². The van der Waals surface area contributed by atoms with Gasteiger partial charge in [-0.3, -0.25) is 0 Å². The van der Waals surface area contributed by atoms with E-state index in [1.165, 1.54) is 0 Å². The molecule has 0 amide bonds. The molecule has 0 heterocycles. The lowest BCUT2D eigenvalue weighted by atomic mass is 10.1. The molecule has 0 saturated heterocycles. The smallest absolute Gasteiger partial charge is 0.240 e. The summed E-state index contributed by atoms with van der Waals surface area (Å²) in [6.45, 7) is 4.10. The molecule has 0 unspecified atom stereocenters. The Morgan fingerprint density at radius 1 is 1.05 bits per heavy atom. The van der Waals surface area contributed by atoms with Crippen molar-refractivity contribution in [1.29, 1.82) is 0 Å². The van der Waals surface area contributed by atoms with Crippen LogP contribution in [0.25, 0.3) is 0 Å². The Morgan fingerprint density at radius 3 is 2.48 bits per heavy atom. The van der Waals surface area contributed by atoms with Gasteiger partial charge in [-0.25, -0.2) is 13.1 Å². The van der Waals surface area contributed by atoms with Crippen molar-refractivity contribution < 1.29 is 8.42 Å². The second kappa shape index (κ2) is 6.28. The minimum absolute atomic E-state index is 0.243. The first-order valence-corrected chi connectivity index (χ1v) is 8.29. The molecule has 0 radical (unpaired) electrons. The molecule has 0 aliphatic rings. The highest BCUT2D eigenvalue weighted by Gasteiger charge is 2.17. The molecule has 5 heteroatoms. The maximum atomic E-state index is 12.3. The maximum absolute atomic E-state index is 12.3.